The van der Waals surface area contributed by atoms with Crippen LogP contribution in [0, 0.1) is 0 Å². The summed E-state index contributed by atoms with van der Waals surface area (Å²) in [6.45, 7) is 2.29. The first-order chi connectivity index (χ1) is 15.4. The van der Waals surface area contributed by atoms with Crippen molar-refractivity contribution in [1.29, 1.82) is 0 Å². The van der Waals surface area contributed by atoms with E-state index >= 15 is 0 Å². The minimum atomic E-state index is -1.09. The van der Waals surface area contributed by atoms with Crippen LogP contribution in [-0.4, -0.2) is 50.4 Å². The maximum absolute atomic E-state index is 13.0. The third-order valence-electron chi connectivity index (χ3n) is 5.60. The van der Waals surface area contributed by atoms with Crippen LogP contribution in [0.3, 0.4) is 0 Å². The molecule has 0 aromatic heterocycles. The second-order valence-corrected chi connectivity index (χ2v) is 7.68. The fourth-order valence-electron chi connectivity index (χ4n) is 3.79. The normalized spacial score (nSPS) is 17.6. The molecule has 0 spiro atoms. The number of likely N-dealkylation sites (tertiary alicyclic amines) is 1. The van der Waals surface area contributed by atoms with E-state index in [-0.39, 0.29) is 13.2 Å². The number of benzene rings is 2. The number of nitrogens with zero attached hydrogens (tertiary/aromatic N) is 1. The van der Waals surface area contributed by atoms with E-state index in [0.29, 0.717) is 42.2 Å². The summed E-state index contributed by atoms with van der Waals surface area (Å²) in [5.74, 6) is 0.910. The number of carbonyl (C=O) groups is 2. The van der Waals surface area contributed by atoms with Crippen molar-refractivity contribution in [3.63, 3.8) is 0 Å². The fraction of sp³-hybridized carbons (Fsp3) is 0.417. The Bertz CT molecular complexity index is 922. The van der Waals surface area contributed by atoms with Gasteiger partial charge in [0, 0.05) is 6.54 Å². The third kappa shape index (κ3) is 4.90. The van der Waals surface area contributed by atoms with E-state index < -0.39 is 17.6 Å². The Morgan fingerprint density at radius 2 is 1.53 bits per heavy atom. The molecule has 1 aliphatic rings. The molecule has 1 unspecified atom stereocenters. The third-order valence-corrected chi connectivity index (χ3v) is 5.60. The van der Waals surface area contributed by atoms with E-state index in [4.69, 9.17) is 23.7 Å². The molecule has 8 nitrogen and oxygen atoms in total. The number of ether oxygens (including phenoxy) is 5. The molecule has 0 radical (unpaired) electrons. The van der Waals surface area contributed by atoms with Crippen LogP contribution in [0.1, 0.15) is 30.9 Å². The highest BCUT2D eigenvalue weighted by atomic mass is 16.6. The topological polar surface area (TPSA) is 83.5 Å². The van der Waals surface area contributed by atoms with Crippen molar-refractivity contribution in [1.82, 2.24) is 4.90 Å². The Kier molecular flexibility index (Phi) is 7.45. The van der Waals surface area contributed by atoms with Crippen molar-refractivity contribution in [3.8, 4) is 17.2 Å². The smallest absolute Gasteiger partial charge is 0.411 e. The zero-order valence-electron chi connectivity index (χ0n) is 18.9. The summed E-state index contributed by atoms with van der Waals surface area (Å²) in [7, 11) is 4.56. The summed E-state index contributed by atoms with van der Waals surface area (Å²) < 4.78 is 27.0. The van der Waals surface area contributed by atoms with E-state index in [1.807, 2.05) is 30.3 Å². The van der Waals surface area contributed by atoms with Crippen LogP contribution >= 0.6 is 0 Å². The summed E-state index contributed by atoms with van der Waals surface area (Å²) >= 11 is 0. The summed E-state index contributed by atoms with van der Waals surface area (Å²) in [6.07, 6.45) is 0.663. The number of carbonyl (C=O) groups excluding carboxylic acids is 2. The van der Waals surface area contributed by atoms with Gasteiger partial charge < -0.3 is 23.7 Å². The van der Waals surface area contributed by atoms with Crippen molar-refractivity contribution in [3.05, 3.63) is 53.6 Å². The number of amides is 1. The molecular formula is C24H29NO7. The lowest BCUT2D eigenvalue weighted by Crippen LogP contribution is -2.51. The van der Waals surface area contributed by atoms with Crippen LogP contribution in [0.15, 0.2) is 42.5 Å². The maximum Gasteiger partial charge on any atom is 0.411 e. The Morgan fingerprint density at radius 3 is 2.12 bits per heavy atom. The lowest BCUT2D eigenvalue weighted by Gasteiger charge is -2.32. The molecule has 2 aromatic carbocycles. The van der Waals surface area contributed by atoms with Gasteiger partial charge in [0.05, 0.1) is 21.3 Å². The summed E-state index contributed by atoms with van der Waals surface area (Å²) in [4.78, 5) is 27.2. The van der Waals surface area contributed by atoms with E-state index in [1.165, 1.54) is 26.2 Å². The van der Waals surface area contributed by atoms with Crippen molar-refractivity contribution >= 4 is 12.1 Å². The first-order valence-electron chi connectivity index (χ1n) is 10.4. The highest BCUT2D eigenvalue weighted by Crippen LogP contribution is 2.38. The molecule has 32 heavy (non-hydrogen) atoms. The first kappa shape index (κ1) is 23.2. The highest BCUT2D eigenvalue weighted by Gasteiger charge is 2.48. The van der Waals surface area contributed by atoms with Gasteiger partial charge in [0.15, 0.2) is 11.5 Å². The van der Waals surface area contributed by atoms with Gasteiger partial charge in [-0.1, -0.05) is 30.3 Å². The van der Waals surface area contributed by atoms with Crippen molar-refractivity contribution in [2.45, 2.75) is 38.5 Å². The second kappa shape index (κ2) is 10.3. The molecule has 172 valence electrons. The molecule has 0 saturated carbocycles. The number of methoxy groups -OCH3 is 3. The average Bonchev–Trinajstić information content (AvgIpc) is 3.23. The molecule has 0 aliphatic carbocycles. The maximum atomic E-state index is 13.0. The molecule has 0 bridgehead atoms. The van der Waals surface area contributed by atoms with E-state index in [0.717, 1.165) is 5.56 Å². The zero-order valence-corrected chi connectivity index (χ0v) is 18.9. The summed E-state index contributed by atoms with van der Waals surface area (Å²) in [6, 6.07) is 12.8. The molecule has 1 heterocycles. The minimum Gasteiger partial charge on any atom is -0.493 e. The Labute approximate surface area is 188 Å². The molecule has 0 N–H and O–H groups in total. The van der Waals surface area contributed by atoms with Crippen LogP contribution in [0.5, 0.6) is 17.2 Å². The van der Waals surface area contributed by atoms with Gasteiger partial charge in [-0.05, 0) is 43.0 Å². The lowest BCUT2D eigenvalue weighted by molar-refractivity contribution is -0.156. The lowest BCUT2D eigenvalue weighted by atomic mass is 9.99. The van der Waals surface area contributed by atoms with Gasteiger partial charge in [-0.15, -0.1) is 0 Å². The number of hydrogen-bond donors (Lipinski definition) is 0. The van der Waals surface area contributed by atoms with Gasteiger partial charge in [-0.3, -0.25) is 4.90 Å². The first-order valence-corrected chi connectivity index (χ1v) is 10.4. The number of esters is 1. The molecule has 8 heteroatoms. The van der Waals surface area contributed by atoms with Gasteiger partial charge in [0.1, 0.15) is 18.8 Å². The predicted molar refractivity (Wildman–Crippen MR) is 117 cm³/mol. The fourth-order valence-corrected chi connectivity index (χ4v) is 3.79. The number of rotatable bonds is 8. The molecule has 1 fully saturated rings. The van der Waals surface area contributed by atoms with E-state index in [9.17, 15) is 9.59 Å². The Morgan fingerprint density at radius 1 is 0.906 bits per heavy atom. The SMILES string of the molecule is COc1cc(COC(=O)C2(C)CCCN2C(=O)OCc2ccccc2)cc(OC)c1OC. The van der Waals surface area contributed by atoms with Crippen LogP contribution < -0.4 is 14.2 Å². The molecule has 1 saturated heterocycles. The largest absolute Gasteiger partial charge is 0.493 e. The molecule has 1 atom stereocenters. The monoisotopic (exact) mass is 443 g/mol. The molecule has 2 aromatic rings. The second-order valence-electron chi connectivity index (χ2n) is 7.68. The zero-order chi connectivity index (χ0) is 23.1. The average molecular weight is 443 g/mol. The van der Waals surface area contributed by atoms with Crippen LogP contribution in [0.4, 0.5) is 4.79 Å². The standard InChI is InChI=1S/C24H29NO7/c1-24(11-8-12-25(24)23(27)32-15-17-9-6-5-7-10-17)22(26)31-16-18-13-19(28-2)21(30-4)20(14-18)29-3/h5-7,9-10,13-14H,8,11-12,15-16H2,1-4H3. The van der Waals surface area contributed by atoms with Gasteiger partial charge in [-0.2, -0.15) is 0 Å². The predicted octanol–water partition coefficient (Wildman–Crippen LogP) is 3.95. The Hall–Kier alpha value is -3.42. The molecule has 1 aliphatic heterocycles. The highest BCUT2D eigenvalue weighted by molar-refractivity contribution is 5.86. The van der Waals surface area contributed by atoms with Crippen molar-refractivity contribution < 1.29 is 33.3 Å². The van der Waals surface area contributed by atoms with Gasteiger partial charge in [0.2, 0.25) is 5.75 Å². The van der Waals surface area contributed by atoms with Crippen LogP contribution in [0.25, 0.3) is 0 Å². The van der Waals surface area contributed by atoms with E-state index in [2.05, 4.69) is 0 Å². The van der Waals surface area contributed by atoms with Gasteiger partial charge >= 0.3 is 12.1 Å². The van der Waals surface area contributed by atoms with Crippen LogP contribution in [0.2, 0.25) is 0 Å². The number of hydrogen-bond acceptors (Lipinski definition) is 7. The van der Waals surface area contributed by atoms with Gasteiger partial charge in [-0.25, -0.2) is 9.59 Å². The van der Waals surface area contributed by atoms with E-state index in [1.54, 1.807) is 19.1 Å². The summed E-state index contributed by atoms with van der Waals surface area (Å²) in [5, 5.41) is 0. The quantitative estimate of drug-likeness (QED) is 0.571. The van der Waals surface area contributed by atoms with Crippen molar-refractivity contribution in [2.75, 3.05) is 27.9 Å². The molecule has 1 amide bonds. The van der Waals surface area contributed by atoms with Crippen LogP contribution in [-0.2, 0) is 27.5 Å². The minimum absolute atomic E-state index is 0.00194. The van der Waals surface area contributed by atoms with Crippen molar-refractivity contribution in [2.24, 2.45) is 0 Å². The summed E-state index contributed by atoms with van der Waals surface area (Å²) in [5.41, 5.74) is 0.466. The molecule has 3 rings (SSSR count). The molecular weight excluding hydrogens is 414 g/mol. The Balaban J connectivity index is 1.66. The van der Waals surface area contributed by atoms with Gasteiger partial charge in [0.25, 0.3) is 0 Å².